The van der Waals surface area contributed by atoms with Crippen molar-refractivity contribution in [2.75, 3.05) is 23.9 Å². The molecule has 1 aromatic carbocycles. The quantitative estimate of drug-likeness (QED) is 0.817. The van der Waals surface area contributed by atoms with Crippen LogP contribution in [0, 0.1) is 0 Å². The second kappa shape index (κ2) is 6.12. The number of rotatable bonds is 3. The molecule has 2 aliphatic heterocycles. The summed E-state index contributed by atoms with van der Waals surface area (Å²) in [5.41, 5.74) is 0.172. The second-order valence-electron chi connectivity index (χ2n) is 5.54. The number of allylic oxidation sites excluding steroid dienone is 2. The van der Waals surface area contributed by atoms with Gasteiger partial charge in [0.25, 0.3) is 15.9 Å². The van der Waals surface area contributed by atoms with E-state index in [2.05, 4.69) is 9.71 Å². The largest absolute Gasteiger partial charge is 0.331 e. The number of sulfonamides is 1. The van der Waals surface area contributed by atoms with Crippen molar-refractivity contribution in [3.8, 4) is 0 Å². The minimum Gasteiger partial charge on any atom is -0.331 e. The molecule has 25 heavy (non-hydrogen) atoms. The average molecular weight is 381 g/mol. The van der Waals surface area contributed by atoms with Crippen LogP contribution in [0.15, 0.2) is 57.5 Å². The number of carbonyl (C=O) groups is 1. The average Bonchev–Trinajstić information content (AvgIpc) is 2.53. The fourth-order valence-corrected chi connectivity index (χ4v) is 4.31. The van der Waals surface area contributed by atoms with Crippen LogP contribution >= 0.6 is 0 Å². The highest BCUT2D eigenvalue weighted by Crippen LogP contribution is 2.23. The van der Waals surface area contributed by atoms with Crippen molar-refractivity contribution < 1.29 is 21.6 Å². The molecule has 0 radical (unpaired) electrons. The Labute approximate surface area is 145 Å². The minimum atomic E-state index is -3.63. The molecule has 1 aromatic rings. The van der Waals surface area contributed by atoms with Gasteiger partial charge in [-0.2, -0.15) is 0 Å². The van der Waals surface area contributed by atoms with Gasteiger partial charge in [-0.3, -0.25) is 4.79 Å². The molecule has 3 rings (SSSR count). The first kappa shape index (κ1) is 17.4. The summed E-state index contributed by atoms with van der Waals surface area (Å²) in [6.45, 7) is 0.197. The summed E-state index contributed by atoms with van der Waals surface area (Å²) in [6.07, 6.45) is 5.72. The lowest BCUT2D eigenvalue weighted by Crippen LogP contribution is -2.40. The van der Waals surface area contributed by atoms with Crippen molar-refractivity contribution in [1.29, 1.82) is 0 Å². The van der Waals surface area contributed by atoms with Crippen LogP contribution in [0.1, 0.15) is 0 Å². The molecule has 2 heterocycles. The maximum atomic E-state index is 12.6. The van der Waals surface area contributed by atoms with Crippen LogP contribution in [0.25, 0.3) is 0 Å². The van der Waals surface area contributed by atoms with Crippen molar-refractivity contribution in [3.05, 3.63) is 48.2 Å². The van der Waals surface area contributed by atoms with Gasteiger partial charge in [-0.1, -0.05) is 12.1 Å². The number of nitrogens with one attached hydrogen (secondary N) is 1. The van der Waals surface area contributed by atoms with E-state index in [-0.39, 0.29) is 34.3 Å². The summed E-state index contributed by atoms with van der Waals surface area (Å²) in [5, 5.41) is 2.52. The first-order valence-electron chi connectivity index (χ1n) is 7.26. The molecule has 0 unspecified atom stereocenters. The van der Waals surface area contributed by atoms with Gasteiger partial charge in [-0.05, 0) is 24.3 Å². The molecular formula is C15H15N3O5S2. The maximum Gasteiger partial charge on any atom is 0.259 e. The molecule has 0 saturated carbocycles. The first-order chi connectivity index (χ1) is 11.7. The number of sulfone groups is 1. The van der Waals surface area contributed by atoms with E-state index in [1.807, 2.05) is 0 Å². The van der Waals surface area contributed by atoms with E-state index in [0.29, 0.717) is 0 Å². The van der Waals surface area contributed by atoms with Gasteiger partial charge in [-0.15, -0.1) is 4.40 Å². The zero-order valence-electron chi connectivity index (χ0n) is 13.2. The Kier molecular flexibility index (Phi) is 4.25. The van der Waals surface area contributed by atoms with Gasteiger partial charge < -0.3 is 10.2 Å². The van der Waals surface area contributed by atoms with Crippen LogP contribution < -0.4 is 5.32 Å². The first-order valence-corrected chi connectivity index (χ1v) is 10.8. The van der Waals surface area contributed by atoms with E-state index in [0.717, 1.165) is 6.26 Å². The smallest absolute Gasteiger partial charge is 0.259 e. The Morgan fingerprint density at radius 2 is 2.00 bits per heavy atom. The Bertz CT molecular complexity index is 1040. The number of hydrogen-bond acceptors (Lipinski definition) is 6. The highest BCUT2D eigenvalue weighted by molar-refractivity contribution is 7.91. The monoisotopic (exact) mass is 381 g/mol. The third-order valence-electron chi connectivity index (χ3n) is 3.64. The molecule has 10 heteroatoms. The van der Waals surface area contributed by atoms with Crippen LogP contribution in [0.3, 0.4) is 0 Å². The fraction of sp³-hybridized carbons (Fsp3) is 0.200. The van der Waals surface area contributed by atoms with Gasteiger partial charge in [0.1, 0.15) is 0 Å². The molecule has 0 aliphatic carbocycles. The Balaban J connectivity index is 1.96. The molecule has 0 bridgehead atoms. The van der Waals surface area contributed by atoms with Gasteiger partial charge in [0.05, 0.1) is 21.9 Å². The molecule has 0 saturated heterocycles. The number of amides is 1. The lowest BCUT2D eigenvalue weighted by atomic mass is 10.1. The number of para-hydroxylation sites is 1. The predicted octanol–water partition coefficient (Wildman–Crippen LogP) is 0.526. The summed E-state index contributed by atoms with van der Waals surface area (Å²) in [7, 11) is -7.16. The van der Waals surface area contributed by atoms with Gasteiger partial charge in [0, 0.05) is 19.0 Å². The Morgan fingerprint density at radius 3 is 2.72 bits per heavy atom. The number of benzene rings is 1. The van der Waals surface area contributed by atoms with E-state index >= 15 is 0 Å². The van der Waals surface area contributed by atoms with Crippen LogP contribution in [0.2, 0.25) is 0 Å². The molecule has 0 atom stereocenters. The van der Waals surface area contributed by atoms with E-state index in [9.17, 15) is 21.6 Å². The van der Waals surface area contributed by atoms with Crippen molar-refractivity contribution in [1.82, 2.24) is 4.90 Å². The number of fused-ring (bicyclic) bond motifs is 1. The van der Waals surface area contributed by atoms with Gasteiger partial charge in [0.15, 0.2) is 15.7 Å². The van der Waals surface area contributed by atoms with Crippen LogP contribution in [-0.4, -0.2) is 52.0 Å². The van der Waals surface area contributed by atoms with E-state index in [4.69, 9.17) is 0 Å². The van der Waals surface area contributed by atoms with E-state index < -0.39 is 25.8 Å². The zero-order chi connectivity index (χ0) is 18.2. The molecule has 2 aliphatic rings. The molecule has 132 valence electrons. The minimum absolute atomic E-state index is 0.0228. The maximum absolute atomic E-state index is 12.6. The summed E-state index contributed by atoms with van der Waals surface area (Å²) in [6, 6.07) is 5.99. The molecule has 1 amide bonds. The Morgan fingerprint density at radius 1 is 1.28 bits per heavy atom. The summed E-state index contributed by atoms with van der Waals surface area (Å²) >= 11 is 0. The zero-order valence-corrected chi connectivity index (χ0v) is 14.8. The topological polar surface area (TPSA) is 113 Å². The number of amidine groups is 1. The number of nitrogens with zero attached hydrogens (tertiary/aromatic N) is 2. The lowest BCUT2D eigenvalue weighted by Gasteiger charge is -2.28. The van der Waals surface area contributed by atoms with Gasteiger partial charge in [0.2, 0.25) is 0 Å². The van der Waals surface area contributed by atoms with Crippen LogP contribution in [0.4, 0.5) is 5.69 Å². The van der Waals surface area contributed by atoms with Crippen molar-refractivity contribution in [2.24, 2.45) is 4.40 Å². The molecule has 8 nitrogen and oxygen atoms in total. The summed E-state index contributed by atoms with van der Waals surface area (Å²) in [4.78, 5) is 14.1. The standard InChI is InChI=1S/C15H15N3O5S2/c1-24(20,21)13-7-3-2-6-12(13)16-15(19)11-5-4-8-18-9-10-25(22,23)17-14(11)18/h2-8H,9-10H2,1H3,(H,16,19). The fourth-order valence-electron chi connectivity index (χ4n) is 2.48. The highest BCUT2D eigenvalue weighted by Gasteiger charge is 2.30. The number of hydrogen-bond donors (Lipinski definition) is 1. The highest BCUT2D eigenvalue weighted by atomic mass is 32.2. The van der Waals surface area contributed by atoms with Crippen molar-refractivity contribution in [2.45, 2.75) is 4.90 Å². The van der Waals surface area contributed by atoms with Crippen LogP contribution in [0.5, 0.6) is 0 Å². The SMILES string of the molecule is CS(=O)(=O)c1ccccc1NC(=O)C1=CC=CN2CCS(=O)(=O)N=C12. The molecule has 0 aromatic heterocycles. The van der Waals surface area contributed by atoms with Gasteiger partial charge >= 0.3 is 0 Å². The van der Waals surface area contributed by atoms with Crippen molar-refractivity contribution in [3.63, 3.8) is 0 Å². The second-order valence-corrected chi connectivity index (χ2v) is 9.28. The third-order valence-corrected chi connectivity index (χ3v) is 5.94. The Hall–Kier alpha value is -2.46. The van der Waals surface area contributed by atoms with E-state index in [1.165, 1.54) is 18.2 Å². The summed E-state index contributed by atoms with van der Waals surface area (Å²) in [5.74, 6) is -0.739. The van der Waals surface area contributed by atoms with Gasteiger partial charge in [-0.25, -0.2) is 16.8 Å². The molecule has 0 fully saturated rings. The lowest BCUT2D eigenvalue weighted by molar-refractivity contribution is -0.112. The molecular weight excluding hydrogens is 366 g/mol. The predicted molar refractivity (Wildman–Crippen MR) is 93.3 cm³/mol. The number of anilines is 1. The third kappa shape index (κ3) is 3.64. The van der Waals surface area contributed by atoms with Crippen molar-refractivity contribution >= 4 is 37.3 Å². The number of carbonyl (C=O) groups excluding carboxylic acids is 1. The van der Waals surface area contributed by atoms with E-state index in [1.54, 1.807) is 29.3 Å². The molecule has 0 spiro atoms. The summed E-state index contributed by atoms with van der Waals surface area (Å²) < 4.78 is 50.8. The van der Waals surface area contributed by atoms with Crippen LogP contribution in [-0.2, 0) is 24.7 Å². The molecule has 1 N–H and O–H groups in total. The normalized spacial score (nSPS) is 18.8.